The SMILES string of the molecule is N#CC1(NCCO)CCCC(C2CC2)C1. The fourth-order valence-electron chi connectivity index (χ4n) is 2.88. The lowest BCUT2D eigenvalue weighted by Crippen LogP contribution is -2.48. The Kier molecular flexibility index (Phi) is 3.28. The van der Waals surface area contributed by atoms with Crippen LogP contribution < -0.4 is 5.32 Å². The Morgan fingerprint density at radius 2 is 2.13 bits per heavy atom. The van der Waals surface area contributed by atoms with Crippen LogP contribution in [-0.2, 0) is 0 Å². The van der Waals surface area contributed by atoms with Crippen LogP contribution in [-0.4, -0.2) is 23.8 Å². The van der Waals surface area contributed by atoms with Crippen LogP contribution in [0.25, 0.3) is 0 Å². The highest BCUT2D eigenvalue weighted by Gasteiger charge is 2.41. The van der Waals surface area contributed by atoms with Gasteiger partial charge in [-0.15, -0.1) is 0 Å². The van der Waals surface area contributed by atoms with Crippen LogP contribution in [0, 0.1) is 23.2 Å². The highest BCUT2D eigenvalue weighted by Crippen LogP contribution is 2.46. The zero-order chi connectivity index (χ0) is 10.7. The number of β-amino-alcohol motifs (C(OH)–C–C–N with tert-alkyl or cyclic N) is 1. The molecule has 3 nitrogen and oxygen atoms in total. The van der Waals surface area contributed by atoms with Gasteiger partial charge in [-0.05, 0) is 43.9 Å². The molecule has 2 atom stereocenters. The number of aliphatic hydroxyl groups excluding tert-OH is 1. The van der Waals surface area contributed by atoms with E-state index in [2.05, 4.69) is 11.4 Å². The van der Waals surface area contributed by atoms with Gasteiger partial charge < -0.3 is 5.11 Å². The van der Waals surface area contributed by atoms with Crippen LogP contribution >= 0.6 is 0 Å². The van der Waals surface area contributed by atoms with Gasteiger partial charge >= 0.3 is 0 Å². The van der Waals surface area contributed by atoms with Crippen LogP contribution in [0.2, 0.25) is 0 Å². The summed E-state index contributed by atoms with van der Waals surface area (Å²) in [5, 5.41) is 21.4. The Morgan fingerprint density at radius 3 is 2.73 bits per heavy atom. The summed E-state index contributed by atoms with van der Waals surface area (Å²) in [6.07, 6.45) is 7.14. The molecule has 3 heteroatoms. The second-order valence-electron chi connectivity index (χ2n) is 5.04. The Balaban J connectivity index is 1.94. The molecule has 0 bridgehead atoms. The Morgan fingerprint density at radius 1 is 1.33 bits per heavy atom. The quantitative estimate of drug-likeness (QED) is 0.735. The Labute approximate surface area is 91.5 Å². The van der Waals surface area contributed by atoms with E-state index in [1.54, 1.807) is 0 Å². The molecule has 0 spiro atoms. The van der Waals surface area contributed by atoms with Gasteiger partial charge in [0.15, 0.2) is 0 Å². The first kappa shape index (κ1) is 10.9. The molecule has 15 heavy (non-hydrogen) atoms. The van der Waals surface area contributed by atoms with Crippen LogP contribution in [0.15, 0.2) is 0 Å². The summed E-state index contributed by atoms with van der Waals surface area (Å²) < 4.78 is 0. The van der Waals surface area contributed by atoms with Gasteiger partial charge in [0.1, 0.15) is 5.54 Å². The summed E-state index contributed by atoms with van der Waals surface area (Å²) in [5.74, 6) is 1.65. The lowest BCUT2D eigenvalue weighted by atomic mass is 9.74. The first-order valence-corrected chi connectivity index (χ1v) is 6.07. The van der Waals surface area contributed by atoms with E-state index >= 15 is 0 Å². The fraction of sp³-hybridized carbons (Fsp3) is 0.917. The second-order valence-corrected chi connectivity index (χ2v) is 5.04. The Hall–Kier alpha value is -0.590. The van der Waals surface area contributed by atoms with Gasteiger partial charge in [0, 0.05) is 6.54 Å². The molecule has 0 aromatic rings. The van der Waals surface area contributed by atoms with Crippen molar-refractivity contribution in [3.8, 4) is 6.07 Å². The fourth-order valence-corrected chi connectivity index (χ4v) is 2.88. The first-order chi connectivity index (χ1) is 7.29. The summed E-state index contributed by atoms with van der Waals surface area (Å²) in [5.41, 5.74) is -0.339. The molecule has 2 aliphatic rings. The summed E-state index contributed by atoms with van der Waals surface area (Å²) in [6.45, 7) is 0.669. The number of aliphatic hydroxyl groups is 1. The molecule has 0 amide bonds. The van der Waals surface area contributed by atoms with Crippen molar-refractivity contribution < 1.29 is 5.11 Å². The molecule has 0 aromatic heterocycles. The van der Waals surface area contributed by atoms with Gasteiger partial charge in [-0.25, -0.2) is 0 Å². The van der Waals surface area contributed by atoms with Gasteiger partial charge in [0.25, 0.3) is 0 Å². The van der Waals surface area contributed by atoms with Gasteiger partial charge in [0.05, 0.1) is 12.7 Å². The third-order valence-corrected chi connectivity index (χ3v) is 3.87. The predicted molar refractivity (Wildman–Crippen MR) is 58.1 cm³/mol. The van der Waals surface area contributed by atoms with E-state index in [1.165, 1.54) is 19.3 Å². The molecule has 2 N–H and O–H groups in total. The molecule has 2 unspecified atom stereocenters. The molecular weight excluding hydrogens is 188 g/mol. The minimum atomic E-state index is -0.339. The summed E-state index contributed by atoms with van der Waals surface area (Å²) in [4.78, 5) is 0. The van der Waals surface area contributed by atoms with Crippen molar-refractivity contribution in [2.45, 2.75) is 44.1 Å². The van der Waals surface area contributed by atoms with Gasteiger partial charge in [0.2, 0.25) is 0 Å². The lowest BCUT2D eigenvalue weighted by Gasteiger charge is -2.36. The lowest BCUT2D eigenvalue weighted by molar-refractivity contribution is 0.194. The van der Waals surface area contributed by atoms with E-state index in [0.717, 1.165) is 31.1 Å². The number of rotatable bonds is 4. The van der Waals surface area contributed by atoms with E-state index < -0.39 is 0 Å². The standard InChI is InChI=1S/C12H20N2O/c13-9-12(14-6-7-15)5-1-2-11(8-12)10-3-4-10/h10-11,14-15H,1-8H2. The molecule has 2 fully saturated rings. The molecule has 84 valence electrons. The van der Waals surface area contributed by atoms with E-state index in [1.807, 2.05) is 0 Å². The van der Waals surface area contributed by atoms with Crippen LogP contribution in [0.1, 0.15) is 38.5 Å². The largest absolute Gasteiger partial charge is 0.395 e. The first-order valence-electron chi connectivity index (χ1n) is 6.07. The van der Waals surface area contributed by atoms with Crippen LogP contribution in [0.4, 0.5) is 0 Å². The average Bonchev–Trinajstić information content (AvgIpc) is 3.11. The van der Waals surface area contributed by atoms with E-state index in [4.69, 9.17) is 5.11 Å². The van der Waals surface area contributed by atoms with Crippen molar-refractivity contribution in [1.29, 1.82) is 5.26 Å². The topological polar surface area (TPSA) is 56.0 Å². The number of hydrogen-bond donors (Lipinski definition) is 2. The number of nitrogens with zero attached hydrogens (tertiary/aromatic N) is 1. The summed E-state index contributed by atoms with van der Waals surface area (Å²) in [6, 6.07) is 2.44. The number of hydrogen-bond acceptors (Lipinski definition) is 3. The van der Waals surface area contributed by atoms with Crippen molar-refractivity contribution in [2.24, 2.45) is 11.8 Å². The highest BCUT2D eigenvalue weighted by molar-refractivity contribution is 5.10. The summed E-state index contributed by atoms with van der Waals surface area (Å²) >= 11 is 0. The van der Waals surface area contributed by atoms with E-state index in [9.17, 15) is 5.26 Å². The Bertz CT molecular complexity index is 257. The molecular formula is C12H20N2O. The van der Waals surface area contributed by atoms with Crippen molar-refractivity contribution in [2.75, 3.05) is 13.2 Å². The van der Waals surface area contributed by atoms with Crippen molar-refractivity contribution in [3.05, 3.63) is 0 Å². The van der Waals surface area contributed by atoms with E-state index in [0.29, 0.717) is 6.54 Å². The van der Waals surface area contributed by atoms with Crippen LogP contribution in [0.5, 0.6) is 0 Å². The minimum Gasteiger partial charge on any atom is -0.395 e. The third kappa shape index (κ3) is 2.50. The maximum absolute atomic E-state index is 9.29. The van der Waals surface area contributed by atoms with Gasteiger partial charge in [-0.1, -0.05) is 6.42 Å². The number of nitrogens with one attached hydrogen (secondary N) is 1. The molecule has 2 saturated carbocycles. The van der Waals surface area contributed by atoms with Crippen molar-refractivity contribution >= 4 is 0 Å². The van der Waals surface area contributed by atoms with Gasteiger partial charge in [-0.2, -0.15) is 5.26 Å². The smallest absolute Gasteiger partial charge is 0.107 e. The molecule has 0 heterocycles. The zero-order valence-electron chi connectivity index (χ0n) is 9.21. The second kappa shape index (κ2) is 4.51. The monoisotopic (exact) mass is 208 g/mol. The molecule has 2 rings (SSSR count). The van der Waals surface area contributed by atoms with Crippen molar-refractivity contribution in [1.82, 2.24) is 5.32 Å². The third-order valence-electron chi connectivity index (χ3n) is 3.87. The normalized spacial score (nSPS) is 36.1. The van der Waals surface area contributed by atoms with Gasteiger partial charge in [-0.3, -0.25) is 5.32 Å². The molecule has 0 aromatic carbocycles. The zero-order valence-corrected chi connectivity index (χ0v) is 9.21. The highest BCUT2D eigenvalue weighted by atomic mass is 16.3. The molecule has 0 saturated heterocycles. The predicted octanol–water partition coefficient (Wildman–Crippen LogP) is 1.43. The van der Waals surface area contributed by atoms with Crippen molar-refractivity contribution in [3.63, 3.8) is 0 Å². The van der Waals surface area contributed by atoms with E-state index in [-0.39, 0.29) is 12.1 Å². The average molecular weight is 208 g/mol. The molecule has 2 aliphatic carbocycles. The molecule has 0 aliphatic heterocycles. The van der Waals surface area contributed by atoms with Crippen LogP contribution in [0.3, 0.4) is 0 Å². The maximum atomic E-state index is 9.29. The molecule has 0 radical (unpaired) electrons. The maximum Gasteiger partial charge on any atom is 0.107 e. The number of nitriles is 1. The minimum absolute atomic E-state index is 0.123. The summed E-state index contributed by atoms with van der Waals surface area (Å²) in [7, 11) is 0.